The molecule has 0 spiro atoms. The van der Waals surface area contributed by atoms with Gasteiger partial charge in [-0.1, -0.05) is 30.3 Å². The monoisotopic (exact) mass is 515 g/mol. The molecule has 8 nitrogen and oxygen atoms in total. The quantitative estimate of drug-likeness (QED) is 0.247. The zero-order chi connectivity index (χ0) is 26.9. The van der Waals surface area contributed by atoms with Gasteiger partial charge < -0.3 is 24.9 Å². The van der Waals surface area contributed by atoms with Crippen LogP contribution in [0.2, 0.25) is 0 Å². The molecular formula is C30H33N3O5. The van der Waals surface area contributed by atoms with Gasteiger partial charge in [0.2, 0.25) is 0 Å². The van der Waals surface area contributed by atoms with Crippen molar-refractivity contribution in [3.8, 4) is 16.9 Å². The summed E-state index contributed by atoms with van der Waals surface area (Å²) in [5.41, 5.74) is 5.73. The number of para-hydroxylation sites is 1. The summed E-state index contributed by atoms with van der Waals surface area (Å²) in [6.45, 7) is 1.35. The van der Waals surface area contributed by atoms with E-state index in [1.807, 2.05) is 60.7 Å². The van der Waals surface area contributed by atoms with Crippen molar-refractivity contribution in [3.05, 3.63) is 77.9 Å². The Bertz CT molecular complexity index is 1280. The van der Waals surface area contributed by atoms with Crippen LogP contribution < -0.4 is 15.0 Å². The van der Waals surface area contributed by atoms with E-state index in [-0.39, 0.29) is 6.03 Å². The third kappa shape index (κ3) is 6.51. The van der Waals surface area contributed by atoms with Gasteiger partial charge in [-0.05, 0) is 84.3 Å². The standard InChI is InChI=1S/C30H33N3O5/c1-38-28-13-11-23(21-25(28)14-17-32(30(36)37)16-6-3-7-19-34)22-10-12-27-24(20-22)15-18-33(27)29(35)31-26-8-4-2-5-9-26/h2,4-5,8-13,19-21H,3,6-7,14-18H2,1H3,(H,31,35)(H,36,37). The summed E-state index contributed by atoms with van der Waals surface area (Å²) in [5.74, 6) is 0.713. The van der Waals surface area contributed by atoms with Gasteiger partial charge >= 0.3 is 12.1 Å². The number of ether oxygens (including phenoxy) is 1. The molecule has 198 valence electrons. The first-order chi connectivity index (χ1) is 18.5. The number of unbranched alkanes of at least 4 members (excludes halogenated alkanes) is 2. The number of nitrogens with zero attached hydrogens (tertiary/aromatic N) is 2. The Morgan fingerprint density at radius 1 is 1.03 bits per heavy atom. The lowest BCUT2D eigenvalue weighted by Gasteiger charge is -2.20. The molecular weight excluding hydrogens is 482 g/mol. The molecule has 2 N–H and O–H groups in total. The van der Waals surface area contributed by atoms with E-state index in [0.717, 1.165) is 46.3 Å². The number of nitrogens with one attached hydrogen (secondary N) is 1. The highest BCUT2D eigenvalue weighted by atomic mass is 16.5. The minimum Gasteiger partial charge on any atom is -0.496 e. The summed E-state index contributed by atoms with van der Waals surface area (Å²) in [6, 6.07) is 21.3. The van der Waals surface area contributed by atoms with Gasteiger partial charge in [0.15, 0.2) is 0 Å². The largest absolute Gasteiger partial charge is 0.496 e. The zero-order valence-corrected chi connectivity index (χ0v) is 21.6. The van der Waals surface area contributed by atoms with Gasteiger partial charge in [0, 0.05) is 37.4 Å². The molecule has 3 aromatic carbocycles. The number of fused-ring (bicyclic) bond motifs is 1. The third-order valence-electron chi connectivity index (χ3n) is 6.78. The zero-order valence-electron chi connectivity index (χ0n) is 21.6. The molecule has 0 aromatic heterocycles. The molecule has 1 aliphatic heterocycles. The Hall–Kier alpha value is -4.33. The van der Waals surface area contributed by atoms with Crippen molar-refractivity contribution in [2.75, 3.05) is 37.0 Å². The lowest BCUT2D eigenvalue weighted by molar-refractivity contribution is -0.107. The highest BCUT2D eigenvalue weighted by Crippen LogP contribution is 2.34. The maximum atomic E-state index is 12.9. The van der Waals surface area contributed by atoms with Crippen molar-refractivity contribution >= 4 is 29.8 Å². The second kappa shape index (κ2) is 12.8. The van der Waals surface area contributed by atoms with Crippen LogP contribution in [0.25, 0.3) is 11.1 Å². The molecule has 3 amide bonds. The number of benzene rings is 3. The van der Waals surface area contributed by atoms with E-state index >= 15 is 0 Å². The third-order valence-corrected chi connectivity index (χ3v) is 6.78. The smallest absolute Gasteiger partial charge is 0.407 e. The highest BCUT2D eigenvalue weighted by Gasteiger charge is 2.25. The number of methoxy groups -OCH3 is 1. The fourth-order valence-corrected chi connectivity index (χ4v) is 4.75. The molecule has 1 heterocycles. The molecule has 8 heteroatoms. The summed E-state index contributed by atoms with van der Waals surface area (Å²) >= 11 is 0. The molecule has 0 radical (unpaired) electrons. The van der Waals surface area contributed by atoms with Crippen LogP contribution in [0.15, 0.2) is 66.7 Å². The first-order valence-electron chi connectivity index (χ1n) is 12.9. The van der Waals surface area contributed by atoms with Crippen LogP contribution in [0.3, 0.4) is 0 Å². The van der Waals surface area contributed by atoms with Crippen molar-refractivity contribution in [3.63, 3.8) is 0 Å². The van der Waals surface area contributed by atoms with E-state index in [9.17, 15) is 19.5 Å². The van der Waals surface area contributed by atoms with E-state index < -0.39 is 6.09 Å². The average molecular weight is 516 g/mol. The van der Waals surface area contributed by atoms with Crippen LogP contribution in [0.4, 0.5) is 21.0 Å². The number of aldehydes is 1. The molecule has 0 saturated heterocycles. The summed E-state index contributed by atoms with van der Waals surface area (Å²) in [6.07, 6.45) is 2.94. The maximum absolute atomic E-state index is 12.9. The first-order valence-corrected chi connectivity index (χ1v) is 12.9. The highest BCUT2D eigenvalue weighted by molar-refractivity contribution is 6.03. The van der Waals surface area contributed by atoms with Crippen LogP contribution >= 0.6 is 0 Å². The number of carbonyl (C=O) groups is 3. The van der Waals surface area contributed by atoms with Crippen LogP contribution in [0, 0.1) is 0 Å². The molecule has 0 fully saturated rings. The Labute approximate surface area is 222 Å². The summed E-state index contributed by atoms with van der Waals surface area (Å²) in [7, 11) is 1.61. The number of carbonyl (C=O) groups excluding carboxylic acids is 2. The van der Waals surface area contributed by atoms with Crippen molar-refractivity contribution < 1.29 is 24.2 Å². The van der Waals surface area contributed by atoms with Gasteiger partial charge in [0.25, 0.3) is 0 Å². The fraction of sp³-hybridized carbons (Fsp3) is 0.300. The second-order valence-corrected chi connectivity index (χ2v) is 9.25. The maximum Gasteiger partial charge on any atom is 0.407 e. The number of amides is 3. The molecule has 0 atom stereocenters. The SMILES string of the molecule is COc1ccc(-c2ccc3c(c2)CCN3C(=O)Nc2ccccc2)cc1CCN(CCCCC=O)C(=O)O. The van der Waals surface area contributed by atoms with Crippen molar-refractivity contribution in [1.29, 1.82) is 0 Å². The van der Waals surface area contributed by atoms with Crippen molar-refractivity contribution in [1.82, 2.24) is 4.90 Å². The lowest BCUT2D eigenvalue weighted by Crippen LogP contribution is -2.33. The summed E-state index contributed by atoms with van der Waals surface area (Å²) < 4.78 is 5.55. The number of rotatable bonds is 11. The summed E-state index contributed by atoms with van der Waals surface area (Å²) in [4.78, 5) is 38.2. The normalized spacial score (nSPS) is 12.1. The van der Waals surface area contributed by atoms with Crippen LogP contribution in [-0.4, -0.2) is 55.2 Å². The molecule has 0 bridgehead atoms. The number of hydrogen-bond acceptors (Lipinski definition) is 4. The van der Waals surface area contributed by atoms with Crippen molar-refractivity contribution in [2.24, 2.45) is 0 Å². The van der Waals surface area contributed by atoms with E-state index in [0.29, 0.717) is 51.1 Å². The number of hydrogen-bond donors (Lipinski definition) is 2. The Balaban J connectivity index is 1.47. The van der Waals surface area contributed by atoms with Gasteiger partial charge in [-0.25, -0.2) is 9.59 Å². The Morgan fingerprint density at radius 3 is 2.53 bits per heavy atom. The molecule has 1 aliphatic rings. The van der Waals surface area contributed by atoms with E-state index in [1.54, 1.807) is 12.0 Å². The number of urea groups is 1. The van der Waals surface area contributed by atoms with Gasteiger partial charge in [0.05, 0.1) is 7.11 Å². The molecule has 0 aliphatic carbocycles. The lowest BCUT2D eigenvalue weighted by atomic mass is 9.98. The molecule has 3 aromatic rings. The fourth-order valence-electron chi connectivity index (χ4n) is 4.75. The van der Waals surface area contributed by atoms with Crippen molar-refractivity contribution in [2.45, 2.75) is 32.1 Å². The Kier molecular flexibility index (Phi) is 8.98. The second-order valence-electron chi connectivity index (χ2n) is 9.25. The number of anilines is 2. The molecule has 0 unspecified atom stereocenters. The first kappa shape index (κ1) is 26.7. The minimum atomic E-state index is -0.967. The Morgan fingerprint density at radius 2 is 1.79 bits per heavy atom. The topological polar surface area (TPSA) is 99.2 Å². The average Bonchev–Trinajstić information content (AvgIpc) is 3.36. The molecule has 38 heavy (non-hydrogen) atoms. The van der Waals surface area contributed by atoms with Crippen LogP contribution in [0.5, 0.6) is 5.75 Å². The predicted octanol–water partition coefficient (Wildman–Crippen LogP) is 5.85. The van der Waals surface area contributed by atoms with E-state index in [1.165, 1.54) is 4.90 Å². The van der Waals surface area contributed by atoms with Gasteiger partial charge in [0.1, 0.15) is 12.0 Å². The molecule has 4 rings (SSSR count). The molecule has 0 saturated carbocycles. The van der Waals surface area contributed by atoms with Gasteiger partial charge in [-0.15, -0.1) is 0 Å². The van der Waals surface area contributed by atoms with E-state index in [2.05, 4.69) is 11.4 Å². The predicted molar refractivity (Wildman–Crippen MR) is 148 cm³/mol. The van der Waals surface area contributed by atoms with Crippen LogP contribution in [0.1, 0.15) is 30.4 Å². The van der Waals surface area contributed by atoms with Crippen LogP contribution in [-0.2, 0) is 17.6 Å². The van der Waals surface area contributed by atoms with Gasteiger partial charge in [-0.2, -0.15) is 0 Å². The van der Waals surface area contributed by atoms with E-state index in [4.69, 9.17) is 4.74 Å². The number of carboxylic acid groups (broad SMARTS) is 1. The summed E-state index contributed by atoms with van der Waals surface area (Å²) in [5, 5.41) is 12.5. The van der Waals surface area contributed by atoms with Gasteiger partial charge in [-0.3, -0.25) is 4.90 Å². The minimum absolute atomic E-state index is 0.149.